The lowest BCUT2D eigenvalue weighted by molar-refractivity contribution is 0.874. The minimum atomic E-state index is -0.0996. The molecule has 0 N–H and O–H groups in total. The van der Waals surface area contributed by atoms with E-state index in [1.165, 1.54) is 0 Å². The molecule has 0 saturated heterocycles. The zero-order chi connectivity index (χ0) is 15.0. The van der Waals surface area contributed by atoms with Gasteiger partial charge in [0.2, 0.25) is 0 Å². The molecule has 0 aliphatic rings. The van der Waals surface area contributed by atoms with Crippen LogP contribution in [-0.4, -0.2) is 9.55 Å². The van der Waals surface area contributed by atoms with Gasteiger partial charge in [-0.1, -0.05) is 34.1 Å². The highest BCUT2D eigenvalue weighted by Crippen LogP contribution is 2.21. The van der Waals surface area contributed by atoms with Crippen LogP contribution in [0.4, 0.5) is 0 Å². The van der Waals surface area contributed by atoms with E-state index >= 15 is 0 Å². The first-order valence-electron chi connectivity index (χ1n) is 6.45. The molecule has 21 heavy (non-hydrogen) atoms. The first kappa shape index (κ1) is 14.3. The number of para-hydroxylation sites is 1. The van der Waals surface area contributed by atoms with Gasteiger partial charge in [-0.3, -0.25) is 9.36 Å². The number of hydrogen-bond acceptors (Lipinski definition) is 2. The molecule has 0 spiro atoms. The Morgan fingerprint density at radius 2 is 2.00 bits per heavy atom. The van der Waals surface area contributed by atoms with E-state index in [1.54, 1.807) is 10.6 Å². The average molecular weight is 364 g/mol. The normalized spacial score (nSPS) is 11.0. The summed E-state index contributed by atoms with van der Waals surface area (Å²) in [4.78, 5) is 17.3. The minimum absolute atomic E-state index is 0.0996. The number of nitrogens with zero attached hydrogens (tertiary/aromatic N) is 2. The van der Waals surface area contributed by atoms with Crippen LogP contribution < -0.4 is 5.56 Å². The summed E-state index contributed by atoms with van der Waals surface area (Å²) < 4.78 is 2.50. The second kappa shape index (κ2) is 5.62. The molecule has 1 aromatic heterocycles. The highest BCUT2D eigenvalue weighted by Gasteiger charge is 2.13. The largest absolute Gasteiger partial charge is 0.268 e. The monoisotopic (exact) mass is 362 g/mol. The van der Waals surface area contributed by atoms with Crippen molar-refractivity contribution in [2.45, 2.75) is 12.8 Å². The highest BCUT2D eigenvalue weighted by atomic mass is 79.9. The van der Waals surface area contributed by atoms with Crippen molar-refractivity contribution in [2.75, 3.05) is 0 Å². The van der Waals surface area contributed by atoms with E-state index in [9.17, 15) is 4.79 Å². The fourth-order valence-corrected chi connectivity index (χ4v) is 2.87. The molecule has 0 bridgehead atoms. The van der Waals surface area contributed by atoms with Gasteiger partial charge in [-0.2, -0.15) is 0 Å². The van der Waals surface area contributed by atoms with Gasteiger partial charge in [0, 0.05) is 4.47 Å². The Hall–Kier alpha value is -1.65. The van der Waals surface area contributed by atoms with Crippen molar-refractivity contribution < 1.29 is 0 Å². The van der Waals surface area contributed by atoms with E-state index in [1.807, 2.05) is 43.3 Å². The van der Waals surface area contributed by atoms with Crippen molar-refractivity contribution >= 4 is 38.4 Å². The Bertz CT molecular complexity index is 889. The van der Waals surface area contributed by atoms with E-state index in [2.05, 4.69) is 20.9 Å². The molecule has 0 aliphatic heterocycles. The second-order valence-electron chi connectivity index (χ2n) is 4.75. The molecule has 2 aromatic carbocycles. The molecular formula is C16H12BrClN2O. The quantitative estimate of drug-likeness (QED) is 0.640. The van der Waals surface area contributed by atoms with E-state index in [0.717, 1.165) is 15.7 Å². The fourth-order valence-electron chi connectivity index (χ4n) is 2.34. The average Bonchev–Trinajstić information content (AvgIpc) is 2.50. The number of aromatic nitrogens is 2. The van der Waals surface area contributed by atoms with Gasteiger partial charge in [-0.05, 0) is 36.8 Å². The molecule has 1 heterocycles. The summed E-state index contributed by atoms with van der Waals surface area (Å²) >= 11 is 9.46. The highest BCUT2D eigenvalue weighted by molar-refractivity contribution is 9.10. The summed E-state index contributed by atoms with van der Waals surface area (Å²) in [5.74, 6) is 0.716. The SMILES string of the molecule is Cc1ccc(Br)cc1-n1c(CCl)nc2ccccc2c1=O. The predicted molar refractivity (Wildman–Crippen MR) is 89.3 cm³/mol. The molecule has 0 saturated carbocycles. The summed E-state index contributed by atoms with van der Waals surface area (Å²) in [6, 6.07) is 13.1. The van der Waals surface area contributed by atoms with Crippen LogP contribution in [0.25, 0.3) is 16.6 Å². The van der Waals surface area contributed by atoms with Gasteiger partial charge < -0.3 is 0 Å². The zero-order valence-electron chi connectivity index (χ0n) is 11.3. The molecule has 106 valence electrons. The number of halogens is 2. The Balaban J connectivity index is 2.44. The number of fused-ring (bicyclic) bond motifs is 1. The van der Waals surface area contributed by atoms with Crippen LogP contribution in [0.2, 0.25) is 0 Å². The first-order valence-corrected chi connectivity index (χ1v) is 7.77. The van der Waals surface area contributed by atoms with Gasteiger partial charge in [0.05, 0.1) is 22.5 Å². The summed E-state index contributed by atoms with van der Waals surface area (Å²) in [7, 11) is 0. The first-order chi connectivity index (χ1) is 10.1. The van der Waals surface area contributed by atoms with Crippen LogP contribution in [-0.2, 0) is 5.88 Å². The Kier molecular flexibility index (Phi) is 3.83. The Morgan fingerprint density at radius 3 is 2.76 bits per heavy atom. The van der Waals surface area contributed by atoms with Crippen LogP contribution in [0.15, 0.2) is 51.7 Å². The minimum Gasteiger partial charge on any atom is -0.268 e. The van der Waals surface area contributed by atoms with Crippen LogP contribution in [0, 0.1) is 6.92 Å². The van der Waals surface area contributed by atoms with Crippen molar-refractivity contribution in [1.82, 2.24) is 9.55 Å². The molecule has 3 rings (SSSR count). The van der Waals surface area contributed by atoms with Crippen molar-refractivity contribution in [2.24, 2.45) is 0 Å². The van der Waals surface area contributed by atoms with Gasteiger partial charge in [-0.15, -0.1) is 11.6 Å². The number of alkyl halides is 1. The predicted octanol–water partition coefficient (Wildman–Crippen LogP) is 4.20. The van der Waals surface area contributed by atoms with Gasteiger partial charge >= 0.3 is 0 Å². The number of rotatable bonds is 2. The molecule has 5 heteroatoms. The van der Waals surface area contributed by atoms with Crippen molar-refractivity contribution in [1.29, 1.82) is 0 Å². The maximum atomic E-state index is 12.8. The van der Waals surface area contributed by atoms with Gasteiger partial charge in [0.15, 0.2) is 0 Å². The Labute approximate surface area is 135 Å². The third-order valence-electron chi connectivity index (χ3n) is 3.38. The van der Waals surface area contributed by atoms with Gasteiger partial charge in [0.1, 0.15) is 5.82 Å². The molecule has 0 atom stereocenters. The van der Waals surface area contributed by atoms with Crippen molar-refractivity contribution in [3.8, 4) is 5.69 Å². The maximum absolute atomic E-state index is 12.8. The van der Waals surface area contributed by atoms with Crippen LogP contribution in [0.3, 0.4) is 0 Å². The maximum Gasteiger partial charge on any atom is 0.266 e. The lowest BCUT2D eigenvalue weighted by atomic mass is 10.2. The lowest BCUT2D eigenvalue weighted by Crippen LogP contribution is -2.24. The number of hydrogen-bond donors (Lipinski definition) is 0. The molecule has 0 aliphatic carbocycles. The molecule has 0 radical (unpaired) electrons. The van der Waals surface area contributed by atoms with Gasteiger partial charge in [0.25, 0.3) is 5.56 Å². The van der Waals surface area contributed by atoms with Gasteiger partial charge in [-0.25, -0.2) is 4.98 Å². The number of aryl methyl sites for hydroxylation is 1. The van der Waals surface area contributed by atoms with E-state index in [-0.39, 0.29) is 11.4 Å². The van der Waals surface area contributed by atoms with E-state index in [0.29, 0.717) is 16.7 Å². The molecule has 0 unspecified atom stereocenters. The third kappa shape index (κ3) is 2.49. The standard InChI is InChI=1S/C16H12BrClN2O/c1-10-6-7-11(17)8-14(10)20-15(9-18)19-13-5-3-2-4-12(13)16(20)21/h2-8H,9H2,1H3. The topological polar surface area (TPSA) is 34.9 Å². The summed E-state index contributed by atoms with van der Waals surface area (Å²) in [6.45, 7) is 1.96. The van der Waals surface area contributed by atoms with Crippen molar-refractivity contribution in [3.63, 3.8) is 0 Å². The molecule has 0 fully saturated rings. The summed E-state index contributed by atoms with van der Waals surface area (Å²) in [5.41, 5.74) is 2.35. The van der Waals surface area contributed by atoms with Crippen molar-refractivity contribution in [3.05, 3.63) is 68.7 Å². The molecule has 3 nitrogen and oxygen atoms in total. The van der Waals surface area contributed by atoms with Crippen LogP contribution in [0.1, 0.15) is 11.4 Å². The smallest absolute Gasteiger partial charge is 0.266 e. The molecule has 0 amide bonds. The van der Waals surface area contributed by atoms with Crippen LogP contribution in [0.5, 0.6) is 0 Å². The fraction of sp³-hybridized carbons (Fsp3) is 0.125. The third-order valence-corrected chi connectivity index (χ3v) is 4.11. The summed E-state index contributed by atoms with van der Waals surface area (Å²) in [6.07, 6.45) is 0. The lowest BCUT2D eigenvalue weighted by Gasteiger charge is -2.14. The van der Waals surface area contributed by atoms with E-state index in [4.69, 9.17) is 11.6 Å². The van der Waals surface area contributed by atoms with E-state index < -0.39 is 0 Å². The van der Waals surface area contributed by atoms with Crippen LogP contribution >= 0.6 is 27.5 Å². The molecular weight excluding hydrogens is 352 g/mol. The number of benzene rings is 2. The zero-order valence-corrected chi connectivity index (χ0v) is 13.6. The Morgan fingerprint density at radius 1 is 1.24 bits per heavy atom. The second-order valence-corrected chi connectivity index (χ2v) is 5.93. The molecule has 3 aromatic rings. The summed E-state index contributed by atoms with van der Waals surface area (Å²) in [5, 5.41) is 0.589.